The van der Waals surface area contributed by atoms with E-state index in [1.165, 1.54) is 42.5 Å². The first kappa shape index (κ1) is 33.4. The van der Waals surface area contributed by atoms with E-state index in [4.69, 9.17) is 4.74 Å². The molecule has 14 heteroatoms. The molecule has 0 aliphatic rings. The van der Waals surface area contributed by atoms with Crippen LogP contribution in [0.1, 0.15) is 33.5 Å². The molecule has 4 rings (SSSR count). The van der Waals surface area contributed by atoms with Crippen LogP contribution in [0.3, 0.4) is 0 Å². The second-order valence-corrected chi connectivity index (χ2v) is 9.93. The van der Waals surface area contributed by atoms with Crippen LogP contribution in [0.4, 0.5) is 43.9 Å². The third-order valence-corrected chi connectivity index (χ3v) is 7.09. The van der Waals surface area contributed by atoms with E-state index in [1.54, 1.807) is 6.07 Å². The second-order valence-electron chi connectivity index (χ2n) is 9.93. The highest BCUT2D eigenvalue weighted by atomic mass is 19.4. The fourth-order valence-electron chi connectivity index (χ4n) is 4.94. The number of benzene rings is 3. The molecule has 4 aromatic rings. The molecule has 238 valence electrons. The number of nitrogens with one attached hydrogen (secondary N) is 1. The number of ether oxygens (including phenoxy) is 1. The number of amides is 1. The molecule has 0 spiro atoms. The van der Waals surface area contributed by atoms with Crippen LogP contribution in [0.15, 0.2) is 97.2 Å². The van der Waals surface area contributed by atoms with E-state index in [-0.39, 0.29) is 11.6 Å². The van der Waals surface area contributed by atoms with Gasteiger partial charge in [-0.1, -0.05) is 60.7 Å². The van der Waals surface area contributed by atoms with Crippen LogP contribution >= 0.6 is 0 Å². The van der Waals surface area contributed by atoms with Crippen LogP contribution < -0.4 is 5.32 Å². The number of hydrogen-bond donors (Lipinski definition) is 1. The van der Waals surface area contributed by atoms with E-state index in [0.29, 0.717) is 37.6 Å². The predicted octanol–water partition coefficient (Wildman–Crippen LogP) is 7.97. The third-order valence-electron chi connectivity index (χ3n) is 7.09. The summed E-state index contributed by atoms with van der Waals surface area (Å²) in [5.74, 6) is -3.45. The molecule has 0 saturated carbocycles. The van der Waals surface area contributed by atoms with Gasteiger partial charge in [0.05, 0.1) is 16.8 Å². The minimum Gasteiger partial charge on any atom is -0.356 e. The van der Waals surface area contributed by atoms with Crippen molar-refractivity contribution < 1.29 is 53.4 Å². The molecule has 0 bridgehead atoms. The van der Waals surface area contributed by atoms with E-state index in [2.05, 4.69) is 10.3 Å². The van der Waals surface area contributed by atoms with Crippen molar-refractivity contribution in [2.24, 2.45) is 0 Å². The molecule has 0 radical (unpaired) electrons. The summed E-state index contributed by atoms with van der Waals surface area (Å²) in [7, 11) is 0.583. The first-order chi connectivity index (χ1) is 20.9. The molecular formula is C31H22F10N2O2. The Hall–Kier alpha value is -4.46. The Morgan fingerprint density at radius 2 is 1.27 bits per heavy atom. The molecule has 1 N–H and O–H groups in total. The number of aromatic nitrogens is 1. The second kappa shape index (κ2) is 12.1. The van der Waals surface area contributed by atoms with Gasteiger partial charge in [0.1, 0.15) is 11.4 Å². The largest absolute Gasteiger partial charge is 0.430 e. The summed E-state index contributed by atoms with van der Waals surface area (Å²) in [5.41, 5.74) is -11.2. The zero-order valence-electron chi connectivity index (χ0n) is 23.0. The van der Waals surface area contributed by atoms with Crippen LogP contribution in [0.2, 0.25) is 0 Å². The van der Waals surface area contributed by atoms with E-state index >= 15 is 0 Å². The lowest BCUT2D eigenvalue weighted by Gasteiger charge is -2.40. The Morgan fingerprint density at radius 3 is 1.76 bits per heavy atom. The van der Waals surface area contributed by atoms with Crippen LogP contribution in [0, 0.1) is 5.82 Å². The highest BCUT2D eigenvalue weighted by molar-refractivity contribution is 5.89. The van der Waals surface area contributed by atoms with Gasteiger partial charge in [0.15, 0.2) is 0 Å². The Bertz CT molecular complexity index is 1620. The Balaban J connectivity index is 2.08. The predicted molar refractivity (Wildman–Crippen MR) is 141 cm³/mol. The minimum absolute atomic E-state index is 0.123. The molecule has 0 unspecified atom stereocenters. The molecule has 1 heterocycles. The van der Waals surface area contributed by atoms with Crippen LogP contribution in [-0.4, -0.2) is 24.2 Å². The quantitative estimate of drug-likeness (QED) is 0.198. The maximum Gasteiger partial charge on any atom is 0.430 e. The van der Waals surface area contributed by atoms with Crippen molar-refractivity contribution in [1.29, 1.82) is 0 Å². The highest BCUT2D eigenvalue weighted by Gasteiger charge is 2.64. The van der Waals surface area contributed by atoms with Crippen molar-refractivity contribution in [1.82, 2.24) is 10.3 Å². The van der Waals surface area contributed by atoms with Gasteiger partial charge < -0.3 is 10.1 Å². The molecule has 3 aromatic carbocycles. The topological polar surface area (TPSA) is 51.2 Å². The zero-order chi connectivity index (χ0) is 33.3. The first-order valence-electron chi connectivity index (χ1n) is 12.9. The summed E-state index contributed by atoms with van der Waals surface area (Å²) in [4.78, 5) is 17.8. The molecule has 1 aromatic heterocycles. The lowest BCUT2D eigenvalue weighted by Crippen LogP contribution is -2.61. The third kappa shape index (κ3) is 6.65. The smallest absolute Gasteiger partial charge is 0.356 e. The average Bonchev–Trinajstić information content (AvgIpc) is 2.96. The number of carbonyl (C=O) groups excluding carboxylic acids is 1. The van der Waals surface area contributed by atoms with Crippen molar-refractivity contribution in [2.75, 3.05) is 7.11 Å². The van der Waals surface area contributed by atoms with Gasteiger partial charge in [0.2, 0.25) is 0 Å². The Morgan fingerprint density at radius 1 is 0.711 bits per heavy atom. The number of methoxy groups -OCH3 is 1. The summed E-state index contributed by atoms with van der Waals surface area (Å²) >= 11 is 0. The van der Waals surface area contributed by atoms with E-state index in [0.717, 1.165) is 12.1 Å². The number of nitrogens with zero attached hydrogens (tertiary/aromatic N) is 1. The van der Waals surface area contributed by atoms with E-state index in [1.807, 2.05) is 0 Å². The Kier molecular flexibility index (Phi) is 9.02. The SMILES string of the molecule is CO[C@](C(=O)N[C@](Cc1ccccc1)(c1cc(F)cc(C(F)(F)F)c1)c1ccc(C(F)(F)F)cn1)(c1ccccc1)C(F)(F)F. The van der Waals surface area contributed by atoms with Crippen molar-refractivity contribution >= 4 is 5.91 Å². The van der Waals surface area contributed by atoms with Crippen molar-refractivity contribution in [2.45, 2.75) is 36.1 Å². The number of hydrogen-bond acceptors (Lipinski definition) is 3. The Labute approximate surface area is 249 Å². The maximum absolute atomic E-state index is 14.9. The molecule has 2 atom stereocenters. The van der Waals surface area contributed by atoms with Gasteiger partial charge >= 0.3 is 18.5 Å². The van der Waals surface area contributed by atoms with Gasteiger partial charge in [-0.05, 0) is 41.5 Å². The molecule has 1 amide bonds. The van der Waals surface area contributed by atoms with Gasteiger partial charge in [-0.3, -0.25) is 9.78 Å². The fraction of sp³-hybridized carbons (Fsp3) is 0.226. The molecule has 4 nitrogen and oxygen atoms in total. The summed E-state index contributed by atoms with van der Waals surface area (Å²) in [6, 6.07) is 15.1. The molecule has 45 heavy (non-hydrogen) atoms. The number of rotatable bonds is 8. The molecular weight excluding hydrogens is 622 g/mol. The van der Waals surface area contributed by atoms with Crippen molar-refractivity contribution in [3.8, 4) is 0 Å². The highest BCUT2D eigenvalue weighted by Crippen LogP contribution is 2.45. The number of alkyl halides is 9. The molecule has 0 aliphatic heterocycles. The summed E-state index contributed by atoms with van der Waals surface area (Å²) < 4.78 is 146. The summed E-state index contributed by atoms with van der Waals surface area (Å²) in [6.45, 7) is 0. The van der Waals surface area contributed by atoms with Gasteiger partial charge in [-0.25, -0.2) is 4.39 Å². The normalized spacial score (nSPS) is 15.2. The van der Waals surface area contributed by atoms with Crippen molar-refractivity contribution in [3.05, 3.63) is 137 Å². The minimum atomic E-state index is -5.49. The molecule has 0 saturated heterocycles. The maximum atomic E-state index is 14.9. The monoisotopic (exact) mass is 644 g/mol. The van der Waals surface area contributed by atoms with Crippen LogP contribution in [0.5, 0.6) is 0 Å². The lowest BCUT2D eigenvalue weighted by atomic mass is 9.78. The molecule has 0 aliphatic carbocycles. The van der Waals surface area contributed by atoms with Gasteiger partial charge in [0.25, 0.3) is 11.5 Å². The summed E-state index contributed by atoms with van der Waals surface area (Å²) in [6.07, 6.45) is -16.0. The fourth-order valence-corrected chi connectivity index (χ4v) is 4.94. The lowest BCUT2D eigenvalue weighted by molar-refractivity contribution is -0.266. The zero-order valence-corrected chi connectivity index (χ0v) is 23.0. The van der Waals surface area contributed by atoms with Crippen LogP contribution in [-0.2, 0) is 39.4 Å². The summed E-state index contributed by atoms with van der Waals surface area (Å²) in [5, 5.41) is 2.11. The number of carbonyl (C=O) groups is 1. The van der Waals surface area contributed by atoms with Gasteiger partial charge in [-0.2, -0.15) is 39.5 Å². The number of halogens is 10. The van der Waals surface area contributed by atoms with Gasteiger partial charge in [-0.15, -0.1) is 0 Å². The first-order valence-corrected chi connectivity index (χ1v) is 12.9. The van der Waals surface area contributed by atoms with E-state index in [9.17, 15) is 48.7 Å². The van der Waals surface area contributed by atoms with Crippen LogP contribution in [0.25, 0.3) is 0 Å². The average molecular weight is 645 g/mol. The molecule has 0 fully saturated rings. The number of pyridine rings is 1. The van der Waals surface area contributed by atoms with E-state index < -0.39 is 75.8 Å². The van der Waals surface area contributed by atoms with Crippen molar-refractivity contribution in [3.63, 3.8) is 0 Å². The standard InChI is InChI=1S/C31H22F10N2O2/c1-45-28(31(39,40)41,20-10-6-3-7-11-20)26(44)43-27(17-19-8-4-2-5-9-19,25-13-12-21(18-42-25)29(33,34)35)22-14-23(30(36,37)38)16-24(32)15-22/h2-16,18H,17H2,1H3,(H,43,44)/t27-,28+/m1/s1. The van der Waals surface area contributed by atoms with Gasteiger partial charge in [0, 0.05) is 25.3 Å².